The van der Waals surface area contributed by atoms with Crippen molar-refractivity contribution in [3.05, 3.63) is 176 Å². The number of hydrogen-bond donors (Lipinski definition) is 4. The summed E-state index contributed by atoms with van der Waals surface area (Å²) in [5.74, 6) is -4.16. The molecule has 326 valence electrons. The predicted octanol–water partition coefficient (Wildman–Crippen LogP) is 8.93. The van der Waals surface area contributed by atoms with Crippen LogP contribution in [0.15, 0.2) is 109 Å². The van der Waals surface area contributed by atoms with Gasteiger partial charge in [-0.05, 0) is 108 Å². The van der Waals surface area contributed by atoms with Crippen molar-refractivity contribution < 1.29 is 36.6 Å². The first-order valence-corrected chi connectivity index (χ1v) is 22.1. The molecule has 0 spiro atoms. The lowest BCUT2D eigenvalue weighted by Gasteiger charge is -2.25. The van der Waals surface area contributed by atoms with Gasteiger partial charge < -0.3 is 31.6 Å². The molecule has 6 aromatic rings. The van der Waals surface area contributed by atoms with Gasteiger partial charge in [0, 0.05) is 60.1 Å². The Labute approximate surface area is 367 Å². The van der Waals surface area contributed by atoms with Crippen LogP contribution in [-0.4, -0.2) is 49.3 Å². The molecule has 0 aliphatic rings. The lowest BCUT2D eigenvalue weighted by molar-refractivity contribution is 0.0236. The van der Waals surface area contributed by atoms with E-state index in [-0.39, 0.29) is 35.7 Å². The molecule has 0 unspecified atom stereocenters. The molecule has 0 amide bonds. The van der Waals surface area contributed by atoms with Gasteiger partial charge >= 0.3 is 11.9 Å². The van der Waals surface area contributed by atoms with E-state index in [9.17, 15) is 27.2 Å². The Morgan fingerprint density at radius 1 is 0.532 bits per heavy atom. The number of carbonyl (C=O) groups is 2. The quantitative estimate of drug-likeness (QED) is 0.0417. The zero-order chi connectivity index (χ0) is 44.2. The zero-order valence-corrected chi connectivity index (χ0v) is 36.1. The molecule has 2 heterocycles. The fraction of sp³-hybridized carbons (Fsp3) is 0.292. The molecular formula is C48H50F4N4O4S2. The number of ether oxygens (including phenoxy) is 2. The van der Waals surface area contributed by atoms with Crippen molar-refractivity contribution >= 4 is 34.6 Å². The molecular weight excluding hydrogens is 837 g/mol. The van der Waals surface area contributed by atoms with Gasteiger partial charge in [-0.25, -0.2) is 27.2 Å². The van der Waals surface area contributed by atoms with E-state index >= 15 is 0 Å². The van der Waals surface area contributed by atoms with Crippen LogP contribution in [0.3, 0.4) is 0 Å². The topological polar surface area (TPSA) is 129 Å². The lowest BCUT2D eigenvalue weighted by Crippen LogP contribution is -2.45. The van der Waals surface area contributed by atoms with E-state index in [2.05, 4.69) is 36.6 Å². The number of nitrogens with one attached hydrogen (secondary N) is 2. The highest BCUT2D eigenvalue weighted by Gasteiger charge is 2.27. The molecule has 4 atom stereocenters. The van der Waals surface area contributed by atoms with Crippen molar-refractivity contribution in [3.8, 4) is 9.75 Å². The minimum atomic E-state index is -0.855. The molecule has 2 aromatic heterocycles. The summed E-state index contributed by atoms with van der Waals surface area (Å²) in [6.45, 7) is 5.48. The summed E-state index contributed by atoms with van der Waals surface area (Å²) in [5, 5.41) is 6.63. The lowest BCUT2D eigenvalue weighted by atomic mass is 10.0. The van der Waals surface area contributed by atoms with Crippen molar-refractivity contribution in [3.63, 3.8) is 0 Å². The second-order valence-electron chi connectivity index (χ2n) is 15.1. The molecule has 4 aromatic carbocycles. The van der Waals surface area contributed by atoms with Crippen molar-refractivity contribution in [2.75, 3.05) is 13.1 Å². The summed E-state index contributed by atoms with van der Waals surface area (Å²) in [5.41, 5.74) is 18.2. The third kappa shape index (κ3) is 13.4. The smallest absolute Gasteiger partial charge is 0.348 e. The minimum Gasteiger partial charge on any atom is -0.455 e. The van der Waals surface area contributed by atoms with E-state index in [1.54, 1.807) is 24.3 Å². The van der Waals surface area contributed by atoms with Crippen molar-refractivity contribution in [2.45, 2.75) is 76.9 Å². The van der Waals surface area contributed by atoms with Crippen LogP contribution in [0.25, 0.3) is 9.75 Å². The van der Waals surface area contributed by atoms with Gasteiger partial charge in [0.25, 0.3) is 0 Å². The minimum absolute atomic E-state index is 0.0569. The van der Waals surface area contributed by atoms with E-state index < -0.39 is 59.5 Å². The Balaban J connectivity index is 1.12. The first-order chi connectivity index (χ1) is 29.8. The highest BCUT2D eigenvalue weighted by molar-refractivity contribution is 7.23. The Hall–Kier alpha value is -5.22. The molecule has 8 nitrogen and oxygen atoms in total. The summed E-state index contributed by atoms with van der Waals surface area (Å²) in [7, 11) is 0. The standard InChI is InChI=1S/C48H50F4N4O4S2/c1-3-29-7-5-9-31(15-29)25-55-27-41(39(53)21-33-17-35(49)23-36(50)18-33)59-47(57)45-13-11-43(61-45)44-12-14-46(62-44)48(58)60-42(28-56-26-32-10-6-8-30(4-2)16-32)40(54)22-34-19-37(51)24-38(52)20-34/h5-20,23-24,39-42,55-56H,3-4,21-22,25-28,53-54H2,1-2H3/t39-,40-,41+,42+/m0/s1. The van der Waals surface area contributed by atoms with E-state index in [0.29, 0.717) is 34.0 Å². The highest BCUT2D eigenvalue weighted by Crippen LogP contribution is 2.34. The maximum absolute atomic E-state index is 14.0. The van der Waals surface area contributed by atoms with Gasteiger partial charge in [0.15, 0.2) is 0 Å². The van der Waals surface area contributed by atoms with Crippen molar-refractivity contribution in [2.24, 2.45) is 11.5 Å². The molecule has 62 heavy (non-hydrogen) atoms. The maximum atomic E-state index is 14.0. The summed E-state index contributed by atoms with van der Waals surface area (Å²) in [6.07, 6.45) is 0.172. The van der Waals surface area contributed by atoms with E-state index in [4.69, 9.17) is 20.9 Å². The Morgan fingerprint density at radius 2 is 0.903 bits per heavy atom. The summed E-state index contributed by atoms with van der Waals surface area (Å²) < 4.78 is 68.0. The van der Waals surface area contributed by atoms with Gasteiger partial charge in [-0.15, -0.1) is 22.7 Å². The number of carbonyl (C=O) groups excluding carboxylic acids is 2. The average molecular weight is 887 g/mol. The number of hydrogen-bond acceptors (Lipinski definition) is 10. The third-order valence-corrected chi connectivity index (χ3v) is 12.6. The van der Waals surface area contributed by atoms with Gasteiger partial charge in [0.05, 0.1) is 0 Å². The predicted molar refractivity (Wildman–Crippen MR) is 237 cm³/mol. The average Bonchev–Trinajstić information content (AvgIpc) is 3.94. The molecule has 0 aliphatic carbocycles. The first kappa shape index (κ1) is 46.3. The first-order valence-electron chi connectivity index (χ1n) is 20.5. The summed E-state index contributed by atoms with van der Waals surface area (Å²) >= 11 is 2.34. The number of nitrogens with two attached hydrogens (primary N) is 2. The number of thiophene rings is 2. The largest absolute Gasteiger partial charge is 0.455 e. The summed E-state index contributed by atoms with van der Waals surface area (Å²) in [4.78, 5) is 29.2. The maximum Gasteiger partial charge on any atom is 0.348 e. The van der Waals surface area contributed by atoms with Gasteiger partial charge in [-0.1, -0.05) is 62.4 Å². The second-order valence-corrected chi connectivity index (χ2v) is 17.3. The molecule has 6 rings (SSSR count). The van der Waals surface area contributed by atoms with Crippen LogP contribution < -0.4 is 22.1 Å². The van der Waals surface area contributed by atoms with Gasteiger partial charge in [0.2, 0.25) is 0 Å². The van der Waals surface area contributed by atoms with Gasteiger partial charge in [-0.2, -0.15) is 0 Å². The molecule has 14 heteroatoms. The molecule has 0 bridgehead atoms. The zero-order valence-electron chi connectivity index (χ0n) is 34.5. The van der Waals surface area contributed by atoms with Crippen LogP contribution in [0.5, 0.6) is 0 Å². The van der Waals surface area contributed by atoms with Gasteiger partial charge in [-0.3, -0.25) is 0 Å². The Morgan fingerprint density at radius 3 is 1.27 bits per heavy atom. The normalized spacial score (nSPS) is 13.4. The fourth-order valence-corrected chi connectivity index (χ4v) is 8.88. The molecule has 0 saturated carbocycles. The number of halogens is 4. The molecule has 0 fully saturated rings. The van der Waals surface area contributed by atoms with Crippen LogP contribution >= 0.6 is 22.7 Å². The molecule has 0 radical (unpaired) electrons. The van der Waals surface area contributed by atoms with E-state index in [1.807, 2.05) is 36.4 Å². The molecule has 0 saturated heterocycles. The van der Waals surface area contributed by atoms with Gasteiger partial charge in [0.1, 0.15) is 45.2 Å². The molecule has 6 N–H and O–H groups in total. The Bertz CT molecular complexity index is 2230. The summed E-state index contributed by atoms with van der Waals surface area (Å²) in [6, 6.07) is 27.7. The Kier molecular flexibility index (Phi) is 16.6. The molecule has 0 aliphatic heterocycles. The number of aryl methyl sites for hydroxylation is 2. The van der Waals surface area contributed by atoms with Crippen LogP contribution in [0.4, 0.5) is 17.6 Å². The third-order valence-electron chi connectivity index (χ3n) is 10.3. The van der Waals surface area contributed by atoms with Crippen LogP contribution in [-0.2, 0) is 48.2 Å². The number of rotatable bonds is 21. The second kappa shape index (κ2) is 22.2. The highest BCUT2D eigenvalue weighted by atomic mass is 32.1. The van der Waals surface area contributed by atoms with E-state index in [0.717, 1.165) is 36.1 Å². The number of benzene rings is 4. The monoisotopic (exact) mass is 886 g/mol. The van der Waals surface area contributed by atoms with E-state index in [1.165, 1.54) is 58.1 Å². The fourth-order valence-electron chi connectivity index (χ4n) is 7.01. The van der Waals surface area contributed by atoms with Crippen molar-refractivity contribution in [1.29, 1.82) is 0 Å². The number of esters is 2. The van der Waals surface area contributed by atoms with Crippen LogP contribution in [0.2, 0.25) is 0 Å². The SMILES string of the molecule is CCc1cccc(CNC[C@@H](OC(=O)c2ccc(-c3ccc(C(=O)O[C@H](CNCc4cccc(CC)c4)[C@@H](N)Cc4cc(F)cc(F)c4)s3)s2)[C@@H](N)Cc2cc(F)cc(F)c2)c1. The van der Waals surface area contributed by atoms with Crippen LogP contribution in [0.1, 0.15) is 66.6 Å². The van der Waals surface area contributed by atoms with Crippen molar-refractivity contribution in [1.82, 2.24) is 10.6 Å². The van der Waals surface area contributed by atoms with Crippen LogP contribution in [0, 0.1) is 23.3 Å².